The number of carboxylic acids is 1. The summed E-state index contributed by atoms with van der Waals surface area (Å²) in [7, 11) is 1.64. The van der Waals surface area contributed by atoms with E-state index in [1.54, 1.807) is 7.05 Å². The van der Waals surface area contributed by atoms with Crippen molar-refractivity contribution in [2.45, 2.75) is 27.2 Å². The lowest BCUT2D eigenvalue weighted by molar-refractivity contribution is -0.149. The molecule has 0 fully saturated rings. The highest BCUT2D eigenvalue weighted by Crippen LogP contribution is 2.05. The first-order chi connectivity index (χ1) is 6.36. The predicted octanol–water partition coefficient (Wildman–Crippen LogP) is 1.21. The lowest BCUT2D eigenvalue weighted by atomic mass is 10.1. The minimum absolute atomic E-state index is 0.321. The van der Waals surface area contributed by atoms with E-state index >= 15 is 0 Å². The number of hydrogen-bond acceptors (Lipinski definition) is 2. The summed E-state index contributed by atoms with van der Waals surface area (Å²) in [5.41, 5.74) is 0. The molecule has 0 aromatic heterocycles. The van der Waals surface area contributed by atoms with Crippen molar-refractivity contribution < 1.29 is 14.7 Å². The van der Waals surface area contributed by atoms with Crippen LogP contribution < -0.4 is 0 Å². The zero-order valence-corrected chi connectivity index (χ0v) is 9.28. The zero-order chi connectivity index (χ0) is 11.3. The van der Waals surface area contributed by atoms with Gasteiger partial charge in [-0.05, 0) is 19.3 Å². The molecule has 0 heterocycles. The molecule has 0 aliphatic rings. The third-order valence-electron chi connectivity index (χ3n) is 2.16. The van der Waals surface area contributed by atoms with Crippen molar-refractivity contribution in [2.24, 2.45) is 11.8 Å². The van der Waals surface area contributed by atoms with Crippen LogP contribution in [0.2, 0.25) is 0 Å². The van der Waals surface area contributed by atoms with Crippen molar-refractivity contribution in [2.75, 3.05) is 13.6 Å². The number of nitrogens with zero attached hydrogens (tertiary/aromatic N) is 1. The molecule has 0 rings (SSSR count). The average Bonchev–Trinajstić information content (AvgIpc) is 2.11. The van der Waals surface area contributed by atoms with Crippen molar-refractivity contribution in [3.8, 4) is 0 Å². The summed E-state index contributed by atoms with van der Waals surface area (Å²) in [6, 6.07) is 0. The van der Waals surface area contributed by atoms with E-state index in [4.69, 9.17) is 5.11 Å². The molecule has 0 saturated carbocycles. The van der Waals surface area contributed by atoms with Gasteiger partial charge in [-0.2, -0.15) is 0 Å². The fourth-order valence-electron chi connectivity index (χ4n) is 0.998. The topological polar surface area (TPSA) is 57.6 Å². The van der Waals surface area contributed by atoms with E-state index in [-0.39, 0.29) is 5.91 Å². The van der Waals surface area contributed by atoms with Crippen LogP contribution in [0.15, 0.2) is 0 Å². The van der Waals surface area contributed by atoms with Crippen LogP contribution in [-0.4, -0.2) is 35.5 Å². The lowest BCUT2D eigenvalue weighted by Crippen LogP contribution is -2.36. The minimum atomic E-state index is -1.06. The summed E-state index contributed by atoms with van der Waals surface area (Å²) in [6.45, 7) is 6.17. The molecule has 0 spiro atoms. The standard InChI is InChI=1S/C10H19NO3/c1-7(2)5-6-11(4)9(12)8(3)10(13)14/h7-8H,5-6H2,1-4H3,(H,13,14). The Hall–Kier alpha value is -1.06. The van der Waals surface area contributed by atoms with Crippen molar-refractivity contribution >= 4 is 11.9 Å². The van der Waals surface area contributed by atoms with Crippen LogP contribution in [0.5, 0.6) is 0 Å². The Balaban J connectivity index is 4.05. The molecule has 4 nitrogen and oxygen atoms in total. The number of carbonyl (C=O) groups is 2. The van der Waals surface area contributed by atoms with Crippen LogP contribution in [-0.2, 0) is 9.59 Å². The second-order valence-electron chi connectivity index (χ2n) is 4.00. The van der Waals surface area contributed by atoms with Gasteiger partial charge < -0.3 is 10.0 Å². The number of aliphatic carboxylic acids is 1. The van der Waals surface area contributed by atoms with Crippen molar-refractivity contribution in [3.05, 3.63) is 0 Å². The van der Waals surface area contributed by atoms with Gasteiger partial charge >= 0.3 is 5.97 Å². The van der Waals surface area contributed by atoms with Crippen LogP contribution in [0, 0.1) is 11.8 Å². The lowest BCUT2D eigenvalue weighted by Gasteiger charge is -2.20. The molecule has 1 N–H and O–H groups in total. The quantitative estimate of drug-likeness (QED) is 0.680. The van der Waals surface area contributed by atoms with Crippen LogP contribution in [0.4, 0.5) is 0 Å². The Morgan fingerprint density at radius 3 is 2.14 bits per heavy atom. The van der Waals surface area contributed by atoms with E-state index in [1.807, 2.05) is 0 Å². The van der Waals surface area contributed by atoms with Crippen LogP contribution in [0.25, 0.3) is 0 Å². The molecule has 0 radical (unpaired) electrons. The van der Waals surface area contributed by atoms with Gasteiger partial charge in [-0.25, -0.2) is 0 Å². The second-order valence-corrected chi connectivity index (χ2v) is 4.00. The number of carbonyl (C=O) groups excluding carboxylic acids is 1. The third-order valence-corrected chi connectivity index (χ3v) is 2.16. The number of amides is 1. The molecule has 1 amide bonds. The van der Waals surface area contributed by atoms with E-state index in [9.17, 15) is 9.59 Å². The first-order valence-corrected chi connectivity index (χ1v) is 4.84. The second kappa shape index (κ2) is 5.62. The van der Waals surface area contributed by atoms with Gasteiger partial charge in [0.05, 0.1) is 0 Å². The van der Waals surface area contributed by atoms with Gasteiger partial charge in [0.2, 0.25) is 5.91 Å². The smallest absolute Gasteiger partial charge is 0.315 e. The predicted molar refractivity (Wildman–Crippen MR) is 53.9 cm³/mol. The van der Waals surface area contributed by atoms with E-state index < -0.39 is 11.9 Å². The van der Waals surface area contributed by atoms with Gasteiger partial charge in [0.25, 0.3) is 0 Å². The van der Waals surface area contributed by atoms with Crippen molar-refractivity contribution in [3.63, 3.8) is 0 Å². The molecule has 0 bridgehead atoms. The molecule has 82 valence electrons. The molecule has 0 saturated heterocycles. The maximum Gasteiger partial charge on any atom is 0.315 e. The number of rotatable bonds is 5. The molecular formula is C10H19NO3. The van der Waals surface area contributed by atoms with Gasteiger partial charge in [0, 0.05) is 13.6 Å². The molecule has 14 heavy (non-hydrogen) atoms. The van der Waals surface area contributed by atoms with Gasteiger partial charge in [-0.3, -0.25) is 9.59 Å². The zero-order valence-electron chi connectivity index (χ0n) is 9.28. The normalized spacial score (nSPS) is 12.6. The fourth-order valence-corrected chi connectivity index (χ4v) is 0.998. The maximum atomic E-state index is 11.4. The van der Waals surface area contributed by atoms with E-state index in [1.165, 1.54) is 11.8 Å². The third kappa shape index (κ3) is 4.25. The summed E-state index contributed by atoms with van der Waals surface area (Å²) < 4.78 is 0. The first-order valence-electron chi connectivity index (χ1n) is 4.84. The molecule has 0 aromatic carbocycles. The summed E-state index contributed by atoms with van der Waals surface area (Å²) in [5.74, 6) is -1.80. The van der Waals surface area contributed by atoms with E-state index in [2.05, 4.69) is 13.8 Å². The van der Waals surface area contributed by atoms with Gasteiger partial charge in [-0.15, -0.1) is 0 Å². The van der Waals surface area contributed by atoms with Gasteiger partial charge in [0.15, 0.2) is 0 Å². The SMILES string of the molecule is CC(C)CCN(C)C(=O)C(C)C(=O)O. The minimum Gasteiger partial charge on any atom is -0.481 e. The monoisotopic (exact) mass is 201 g/mol. The Morgan fingerprint density at radius 1 is 1.29 bits per heavy atom. The maximum absolute atomic E-state index is 11.4. The molecule has 4 heteroatoms. The molecular weight excluding hydrogens is 182 g/mol. The highest BCUT2D eigenvalue weighted by atomic mass is 16.4. The Morgan fingerprint density at radius 2 is 1.79 bits per heavy atom. The highest BCUT2D eigenvalue weighted by molar-refractivity contribution is 5.96. The first kappa shape index (κ1) is 12.9. The largest absolute Gasteiger partial charge is 0.481 e. The summed E-state index contributed by atoms with van der Waals surface area (Å²) >= 11 is 0. The van der Waals surface area contributed by atoms with Crippen molar-refractivity contribution in [1.82, 2.24) is 4.90 Å². The van der Waals surface area contributed by atoms with Crippen LogP contribution >= 0.6 is 0 Å². The fraction of sp³-hybridized carbons (Fsp3) is 0.800. The van der Waals surface area contributed by atoms with Crippen molar-refractivity contribution in [1.29, 1.82) is 0 Å². The highest BCUT2D eigenvalue weighted by Gasteiger charge is 2.23. The number of carboxylic acid groups (broad SMARTS) is 1. The number of hydrogen-bond donors (Lipinski definition) is 1. The molecule has 1 atom stereocenters. The van der Waals surface area contributed by atoms with E-state index in [0.717, 1.165) is 6.42 Å². The Labute approximate surface area is 84.9 Å². The van der Waals surface area contributed by atoms with E-state index in [0.29, 0.717) is 12.5 Å². The summed E-state index contributed by atoms with van der Waals surface area (Å²) in [4.78, 5) is 23.5. The Bertz CT molecular complexity index is 213. The average molecular weight is 201 g/mol. The molecule has 0 aromatic rings. The molecule has 0 aliphatic carbocycles. The summed E-state index contributed by atoms with van der Waals surface area (Å²) in [6.07, 6.45) is 0.897. The Kier molecular flexibility index (Phi) is 5.20. The van der Waals surface area contributed by atoms with Crippen LogP contribution in [0.3, 0.4) is 0 Å². The van der Waals surface area contributed by atoms with Gasteiger partial charge in [0.1, 0.15) is 5.92 Å². The molecule has 1 unspecified atom stereocenters. The van der Waals surface area contributed by atoms with Gasteiger partial charge in [-0.1, -0.05) is 13.8 Å². The molecule has 0 aliphatic heterocycles. The summed E-state index contributed by atoms with van der Waals surface area (Å²) in [5, 5.41) is 8.63. The van der Waals surface area contributed by atoms with Crippen LogP contribution in [0.1, 0.15) is 27.2 Å².